The van der Waals surface area contributed by atoms with E-state index in [2.05, 4.69) is 52.1 Å². The Hall–Kier alpha value is -0.803. The van der Waals surface area contributed by atoms with Gasteiger partial charge in [-0.1, -0.05) is 25.5 Å². The summed E-state index contributed by atoms with van der Waals surface area (Å²) in [5.41, 5.74) is 2.40. The summed E-state index contributed by atoms with van der Waals surface area (Å²) in [5.74, 6) is 0.971. The molecule has 17 heavy (non-hydrogen) atoms. The third-order valence-electron chi connectivity index (χ3n) is 2.65. The molecule has 0 heterocycles. The first-order valence-electron chi connectivity index (χ1n) is 6.35. The van der Waals surface area contributed by atoms with Gasteiger partial charge in [0, 0.05) is 6.61 Å². The number of benzene rings is 1. The van der Waals surface area contributed by atoms with Crippen molar-refractivity contribution in [1.29, 1.82) is 0 Å². The monoisotopic (exact) mass is 252 g/mol. The lowest BCUT2D eigenvalue weighted by Crippen LogP contribution is -2.38. The zero-order valence-electron chi connectivity index (χ0n) is 11.7. The number of hydrogen-bond acceptors (Lipinski definition) is 2. The van der Waals surface area contributed by atoms with E-state index in [0.29, 0.717) is 0 Å². The van der Waals surface area contributed by atoms with Crippen LogP contribution in [0, 0.1) is 13.8 Å². The fourth-order valence-corrected chi connectivity index (χ4v) is 3.02. The van der Waals surface area contributed by atoms with E-state index >= 15 is 0 Å². The molecule has 1 aromatic rings. The van der Waals surface area contributed by atoms with Crippen LogP contribution in [0.4, 0.5) is 0 Å². The molecule has 3 heteroatoms. The van der Waals surface area contributed by atoms with Crippen molar-refractivity contribution in [3.8, 4) is 5.75 Å². The van der Waals surface area contributed by atoms with Crippen LogP contribution in [0.2, 0.25) is 13.1 Å². The minimum absolute atomic E-state index is 0.806. The van der Waals surface area contributed by atoms with Crippen LogP contribution < -0.4 is 4.43 Å². The summed E-state index contributed by atoms with van der Waals surface area (Å²) >= 11 is 0. The molecule has 0 aliphatic heterocycles. The predicted molar refractivity (Wildman–Crippen MR) is 74.9 cm³/mol. The van der Waals surface area contributed by atoms with E-state index in [1.54, 1.807) is 0 Å². The summed E-state index contributed by atoms with van der Waals surface area (Å²) < 4.78 is 12.0. The second kappa shape index (κ2) is 6.22. The Labute approximate surface area is 106 Å². The maximum atomic E-state index is 6.08. The summed E-state index contributed by atoms with van der Waals surface area (Å²) in [6.45, 7) is 11.3. The van der Waals surface area contributed by atoms with Crippen LogP contribution in [0.15, 0.2) is 18.2 Å². The van der Waals surface area contributed by atoms with Crippen molar-refractivity contribution in [1.82, 2.24) is 0 Å². The highest BCUT2D eigenvalue weighted by molar-refractivity contribution is 6.65. The average molecular weight is 252 g/mol. The van der Waals surface area contributed by atoms with E-state index in [1.807, 2.05) is 0 Å². The van der Waals surface area contributed by atoms with Gasteiger partial charge in [-0.2, -0.15) is 0 Å². The zero-order valence-corrected chi connectivity index (χ0v) is 12.7. The molecule has 0 aromatic heterocycles. The lowest BCUT2D eigenvalue weighted by atomic mass is 10.1. The van der Waals surface area contributed by atoms with Gasteiger partial charge in [0.05, 0.1) is 0 Å². The molecule has 1 aromatic carbocycles. The van der Waals surface area contributed by atoms with Gasteiger partial charge < -0.3 is 8.85 Å². The van der Waals surface area contributed by atoms with Crippen molar-refractivity contribution in [2.45, 2.75) is 46.7 Å². The molecule has 0 N–H and O–H groups in total. The minimum Gasteiger partial charge on any atom is -0.520 e. The third kappa shape index (κ3) is 4.92. The Morgan fingerprint density at radius 2 is 1.88 bits per heavy atom. The number of aryl methyl sites for hydroxylation is 2. The van der Waals surface area contributed by atoms with Crippen LogP contribution in [0.25, 0.3) is 0 Å². The Balaban J connectivity index is 2.65. The Kier molecular flexibility index (Phi) is 5.21. The van der Waals surface area contributed by atoms with E-state index < -0.39 is 8.56 Å². The van der Waals surface area contributed by atoms with Crippen LogP contribution in [0.1, 0.15) is 30.9 Å². The summed E-state index contributed by atoms with van der Waals surface area (Å²) in [6.07, 6.45) is 2.26. The lowest BCUT2D eigenvalue weighted by Gasteiger charge is -2.25. The van der Waals surface area contributed by atoms with Crippen molar-refractivity contribution in [2.75, 3.05) is 6.61 Å². The topological polar surface area (TPSA) is 18.5 Å². The van der Waals surface area contributed by atoms with Crippen LogP contribution in [-0.4, -0.2) is 15.2 Å². The van der Waals surface area contributed by atoms with Crippen molar-refractivity contribution in [2.24, 2.45) is 0 Å². The fraction of sp³-hybridized carbons (Fsp3) is 0.571. The van der Waals surface area contributed by atoms with E-state index in [-0.39, 0.29) is 0 Å². The molecule has 0 bridgehead atoms. The summed E-state index contributed by atoms with van der Waals surface area (Å²) in [6, 6.07) is 6.29. The third-order valence-corrected chi connectivity index (χ3v) is 4.26. The number of hydrogen-bond donors (Lipinski definition) is 0. The largest absolute Gasteiger partial charge is 0.520 e. The predicted octanol–water partition coefficient (Wildman–Crippen LogP) is 4.20. The molecule has 0 saturated heterocycles. The molecule has 0 aliphatic carbocycles. The summed E-state index contributed by atoms with van der Waals surface area (Å²) in [5, 5.41) is 0. The van der Waals surface area contributed by atoms with Crippen LogP contribution >= 0.6 is 0 Å². The lowest BCUT2D eigenvalue weighted by molar-refractivity contribution is 0.243. The molecule has 0 amide bonds. The maximum absolute atomic E-state index is 6.08. The average Bonchev–Trinajstić information content (AvgIpc) is 2.23. The second-order valence-electron chi connectivity index (χ2n) is 4.97. The zero-order chi connectivity index (χ0) is 12.9. The van der Waals surface area contributed by atoms with Gasteiger partial charge in [0.1, 0.15) is 5.75 Å². The van der Waals surface area contributed by atoms with Gasteiger partial charge >= 0.3 is 8.56 Å². The molecule has 96 valence electrons. The molecule has 0 saturated carbocycles. The Bertz CT molecular complexity index is 361. The highest BCUT2D eigenvalue weighted by Crippen LogP contribution is 2.23. The molecule has 0 unspecified atom stereocenters. The van der Waals surface area contributed by atoms with Gasteiger partial charge in [-0.25, -0.2) is 0 Å². The van der Waals surface area contributed by atoms with Crippen LogP contribution in [0.3, 0.4) is 0 Å². The van der Waals surface area contributed by atoms with E-state index in [0.717, 1.165) is 25.2 Å². The van der Waals surface area contributed by atoms with Crippen molar-refractivity contribution in [3.63, 3.8) is 0 Å². The first-order valence-corrected chi connectivity index (χ1v) is 9.16. The number of rotatable bonds is 6. The van der Waals surface area contributed by atoms with Gasteiger partial charge in [-0.05, 0) is 50.6 Å². The molecule has 0 atom stereocenters. The van der Waals surface area contributed by atoms with Gasteiger partial charge in [-0.3, -0.25) is 0 Å². The highest BCUT2D eigenvalue weighted by atomic mass is 28.4. The van der Waals surface area contributed by atoms with E-state index in [9.17, 15) is 0 Å². The molecular weight excluding hydrogens is 228 g/mol. The van der Waals surface area contributed by atoms with Gasteiger partial charge in [0.15, 0.2) is 0 Å². The molecule has 0 aliphatic rings. The van der Waals surface area contributed by atoms with Gasteiger partial charge in [0.25, 0.3) is 0 Å². The Morgan fingerprint density at radius 1 is 1.18 bits per heavy atom. The smallest absolute Gasteiger partial charge is 0.392 e. The van der Waals surface area contributed by atoms with Crippen LogP contribution in [-0.2, 0) is 4.43 Å². The van der Waals surface area contributed by atoms with E-state index in [1.165, 1.54) is 11.1 Å². The molecule has 1 rings (SSSR count). The standard InChI is InChI=1S/C14H24O2Si/c1-6-7-10-15-17(4,5)16-14-11-12(2)8-9-13(14)3/h8-9,11H,6-7,10H2,1-5H3. The van der Waals surface area contributed by atoms with E-state index in [4.69, 9.17) is 8.85 Å². The van der Waals surface area contributed by atoms with Crippen molar-refractivity contribution in [3.05, 3.63) is 29.3 Å². The fourth-order valence-electron chi connectivity index (χ4n) is 1.57. The normalized spacial score (nSPS) is 11.6. The molecule has 0 spiro atoms. The number of unbranched alkanes of at least 4 members (excludes halogenated alkanes) is 1. The first-order chi connectivity index (χ1) is 7.94. The van der Waals surface area contributed by atoms with Gasteiger partial charge in [-0.15, -0.1) is 0 Å². The molecule has 0 radical (unpaired) electrons. The molecule has 0 fully saturated rings. The van der Waals surface area contributed by atoms with Crippen molar-refractivity contribution < 1.29 is 8.85 Å². The van der Waals surface area contributed by atoms with Crippen molar-refractivity contribution >= 4 is 8.56 Å². The molecule has 2 nitrogen and oxygen atoms in total. The Morgan fingerprint density at radius 3 is 2.53 bits per heavy atom. The van der Waals surface area contributed by atoms with Gasteiger partial charge in [0.2, 0.25) is 0 Å². The SMILES string of the molecule is CCCCO[Si](C)(C)Oc1cc(C)ccc1C. The minimum atomic E-state index is -2.04. The maximum Gasteiger partial charge on any atom is 0.392 e. The summed E-state index contributed by atoms with van der Waals surface area (Å²) in [7, 11) is -2.04. The van der Waals surface area contributed by atoms with Crippen LogP contribution in [0.5, 0.6) is 5.75 Å². The molecular formula is C14H24O2Si. The summed E-state index contributed by atoms with van der Waals surface area (Å²) in [4.78, 5) is 0. The highest BCUT2D eigenvalue weighted by Gasteiger charge is 2.27. The second-order valence-corrected chi connectivity index (χ2v) is 8.27. The quantitative estimate of drug-likeness (QED) is 0.558. The first kappa shape index (κ1) is 14.3.